The summed E-state index contributed by atoms with van der Waals surface area (Å²) in [5.74, 6) is 0.579. The van der Waals surface area contributed by atoms with E-state index in [0.717, 1.165) is 36.9 Å². The molecule has 1 heterocycles. The number of anilines is 1. The maximum Gasteiger partial charge on any atom is 0.305 e. The predicted molar refractivity (Wildman–Crippen MR) is 85.2 cm³/mol. The van der Waals surface area contributed by atoms with Gasteiger partial charge in [-0.05, 0) is 25.8 Å². The number of hydrogen-bond donors (Lipinski definition) is 1. The van der Waals surface area contributed by atoms with Crippen molar-refractivity contribution in [2.45, 2.75) is 39.0 Å². The van der Waals surface area contributed by atoms with Crippen LogP contribution in [0, 0.1) is 0 Å². The van der Waals surface area contributed by atoms with Crippen LogP contribution in [0.3, 0.4) is 0 Å². The molecular weight excluding hydrogens is 280 g/mol. The minimum Gasteiger partial charge on any atom is -0.466 e. The van der Waals surface area contributed by atoms with Crippen molar-refractivity contribution in [1.82, 2.24) is 4.98 Å². The molecule has 0 fully saturated rings. The molecule has 0 unspecified atom stereocenters. The van der Waals surface area contributed by atoms with E-state index in [1.54, 1.807) is 6.26 Å². The molecule has 2 aromatic rings. The highest BCUT2D eigenvalue weighted by Crippen LogP contribution is 2.25. The molecule has 2 rings (SSSR count). The van der Waals surface area contributed by atoms with Crippen LogP contribution in [0.15, 0.2) is 34.9 Å². The molecule has 118 valence electrons. The van der Waals surface area contributed by atoms with Gasteiger partial charge < -0.3 is 14.9 Å². The van der Waals surface area contributed by atoms with E-state index in [1.807, 2.05) is 31.2 Å². The first-order valence-electron chi connectivity index (χ1n) is 7.65. The zero-order chi connectivity index (χ0) is 15.8. The third kappa shape index (κ3) is 4.62. The summed E-state index contributed by atoms with van der Waals surface area (Å²) in [5, 5.41) is 0. The number of nitrogens with two attached hydrogens (primary N) is 1. The van der Waals surface area contributed by atoms with Crippen molar-refractivity contribution >= 4 is 11.7 Å². The van der Waals surface area contributed by atoms with Crippen molar-refractivity contribution in [3.8, 4) is 11.3 Å². The number of oxazole rings is 1. The highest BCUT2D eigenvalue weighted by atomic mass is 16.5. The zero-order valence-electron chi connectivity index (χ0n) is 12.9. The van der Waals surface area contributed by atoms with Crippen molar-refractivity contribution in [1.29, 1.82) is 0 Å². The highest BCUT2D eigenvalue weighted by molar-refractivity contribution is 5.72. The van der Waals surface area contributed by atoms with Crippen molar-refractivity contribution in [3.63, 3.8) is 0 Å². The van der Waals surface area contributed by atoms with Gasteiger partial charge in [0.25, 0.3) is 0 Å². The van der Waals surface area contributed by atoms with Gasteiger partial charge in [-0.2, -0.15) is 0 Å². The first kappa shape index (κ1) is 16.1. The largest absolute Gasteiger partial charge is 0.466 e. The molecule has 22 heavy (non-hydrogen) atoms. The second kappa shape index (κ2) is 8.22. The molecule has 0 spiro atoms. The van der Waals surface area contributed by atoms with E-state index < -0.39 is 0 Å². The zero-order valence-corrected chi connectivity index (χ0v) is 12.9. The third-order valence-corrected chi connectivity index (χ3v) is 3.37. The van der Waals surface area contributed by atoms with Crippen molar-refractivity contribution in [2.24, 2.45) is 0 Å². The molecule has 0 radical (unpaired) electrons. The van der Waals surface area contributed by atoms with E-state index in [1.165, 1.54) is 0 Å². The van der Waals surface area contributed by atoms with Gasteiger partial charge in [-0.25, -0.2) is 4.98 Å². The molecule has 0 aliphatic rings. The van der Waals surface area contributed by atoms with Gasteiger partial charge in [0.2, 0.25) is 0 Å². The predicted octanol–water partition coefficient (Wildman–Crippen LogP) is 3.59. The summed E-state index contributed by atoms with van der Waals surface area (Å²) in [5.41, 5.74) is 8.27. The van der Waals surface area contributed by atoms with Crippen molar-refractivity contribution in [2.75, 3.05) is 12.3 Å². The summed E-state index contributed by atoms with van der Waals surface area (Å²) in [6.07, 6.45) is 5.59. The van der Waals surface area contributed by atoms with Crippen LogP contribution in [0.25, 0.3) is 11.3 Å². The summed E-state index contributed by atoms with van der Waals surface area (Å²) in [6, 6.07) is 7.59. The Bertz CT molecular complexity index is 607. The van der Waals surface area contributed by atoms with Gasteiger partial charge in [-0.15, -0.1) is 0 Å². The van der Waals surface area contributed by atoms with Gasteiger partial charge >= 0.3 is 5.97 Å². The number of ether oxygens (including phenoxy) is 1. The van der Waals surface area contributed by atoms with Crippen LogP contribution in [0.5, 0.6) is 0 Å². The molecular formula is C17H22N2O3. The number of unbranched alkanes of at least 4 members (excludes halogenated alkanes) is 2. The lowest BCUT2D eigenvalue weighted by Gasteiger charge is -2.01. The monoisotopic (exact) mass is 302 g/mol. The normalized spacial score (nSPS) is 10.6. The van der Waals surface area contributed by atoms with Gasteiger partial charge in [0.15, 0.2) is 5.89 Å². The molecule has 0 bridgehead atoms. The van der Waals surface area contributed by atoms with Crippen LogP contribution in [0.4, 0.5) is 5.69 Å². The van der Waals surface area contributed by atoms with Crippen molar-refractivity contribution in [3.05, 3.63) is 36.4 Å². The average Bonchev–Trinajstić information content (AvgIpc) is 2.96. The molecule has 0 aliphatic carbocycles. The molecule has 0 aliphatic heterocycles. The number of para-hydroxylation sites is 1. The van der Waals surface area contributed by atoms with Gasteiger partial charge in [-0.1, -0.05) is 24.6 Å². The maximum absolute atomic E-state index is 11.2. The Morgan fingerprint density at radius 2 is 2.09 bits per heavy atom. The van der Waals surface area contributed by atoms with Gasteiger partial charge in [0.05, 0.1) is 6.61 Å². The summed E-state index contributed by atoms with van der Waals surface area (Å²) in [4.78, 5) is 15.7. The van der Waals surface area contributed by atoms with Crippen molar-refractivity contribution < 1.29 is 13.9 Å². The fraction of sp³-hybridized carbons (Fsp3) is 0.412. The Kier molecular flexibility index (Phi) is 6.01. The number of carbonyl (C=O) groups excluding carboxylic acids is 1. The fourth-order valence-corrected chi connectivity index (χ4v) is 2.24. The number of nitrogen functional groups attached to an aromatic ring is 1. The molecule has 1 aromatic heterocycles. The minimum atomic E-state index is -0.125. The lowest BCUT2D eigenvalue weighted by atomic mass is 10.1. The lowest BCUT2D eigenvalue weighted by Crippen LogP contribution is -2.03. The van der Waals surface area contributed by atoms with Crippen LogP contribution >= 0.6 is 0 Å². The Labute approximate surface area is 130 Å². The molecule has 0 amide bonds. The summed E-state index contributed by atoms with van der Waals surface area (Å²) >= 11 is 0. The van der Waals surface area contributed by atoms with Gasteiger partial charge in [0.1, 0.15) is 12.0 Å². The first-order chi connectivity index (χ1) is 10.7. The number of rotatable bonds is 8. The van der Waals surface area contributed by atoms with Gasteiger partial charge in [-0.3, -0.25) is 4.79 Å². The second-order valence-electron chi connectivity index (χ2n) is 5.08. The standard InChI is InChI=1S/C17H22N2O3/c1-2-21-17(20)11-5-3-4-10-16-19-15(12-22-16)13-8-6-7-9-14(13)18/h6-9,12H,2-5,10-11,18H2,1H3. The maximum atomic E-state index is 11.2. The summed E-state index contributed by atoms with van der Waals surface area (Å²) < 4.78 is 10.4. The number of hydrogen-bond acceptors (Lipinski definition) is 5. The van der Waals surface area contributed by atoms with E-state index >= 15 is 0 Å². The lowest BCUT2D eigenvalue weighted by molar-refractivity contribution is -0.143. The average molecular weight is 302 g/mol. The second-order valence-corrected chi connectivity index (χ2v) is 5.08. The number of aromatic nitrogens is 1. The fourth-order valence-electron chi connectivity index (χ4n) is 2.24. The number of carbonyl (C=O) groups is 1. The summed E-state index contributed by atoms with van der Waals surface area (Å²) in [6.45, 7) is 2.26. The molecule has 1 aromatic carbocycles. The molecule has 0 saturated carbocycles. The quantitative estimate of drug-likeness (QED) is 0.458. The number of esters is 1. The Morgan fingerprint density at radius 1 is 1.27 bits per heavy atom. The highest BCUT2D eigenvalue weighted by Gasteiger charge is 2.08. The van der Waals surface area contributed by atoms with Crippen LogP contribution < -0.4 is 5.73 Å². The number of aryl methyl sites for hydroxylation is 1. The van der Waals surface area contributed by atoms with Gasteiger partial charge in [0, 0.05) is 24.1 Å². The minimum absolute atomic E-state index is 0.125. The van der Waals surface area contributed by atoms with Crippen LogP contribution in [-0.4, -0.2) is 17.6 Å². The molecule has 5 heteroatoms. The Balaban J connectivity index is 1.76. The SMILES string of the molecule is CCOC(=O)CCCCCc1nc(-c2ccccc2N)co1. The van der Waals surface area contributed by atoms with Crippen LogP contribution in [0.1, 0.15) is 38.5 Å². The Morgan fingerprint density at radius 3 is 2.86 bits per heavy atom. The van der Waals surface area contributed by atoms with E-state index in [9.17, 15) is 4.79 Å². The number of benzene rings is 1. The van der Waals surface area contributed by atoms with E-state index in [4.69, 9.17) is 14.9 Å². The molecule has 2 N–H and O–H groups in total. The van der Waals surface area contributed by atoms with E-state index in [2.05, 4.69) is 4.98 Å². The Hall–Kier alpha value is -2.30. The third-order valence-electron chi connectivity index (χ3n) is 3.37. The topological polar surface area (TPSA) is 78.3 Å². The molecule has 0 saturated heterocycles. The van der Waals surface area contributed by atoms with E-state index in [-0.39, 0.29) is 5.97 Å². The number of nitrogens with zero attached hydrogens (tertiary/aromatic N) is 1. The first-order valence-corrected chi connectivity index (χ1v) is 7.65. The smallest absolute Gasteiger partial charge is 0.305 e. The summed E-state index contributed by atoms with van der Waals surface area (Å²) in [7, 11) is 0. The van der Waals surface area contributed by atoms with Crippen LogP contribution in [-0.2, 0) is 16.0 Å². The molecule has 5 nitrogen and oxygen atoms in total. The van der Waals surface area contributed by atoms with E-state index in [0.29, 0.717) is 24.6 Å². The molecule has 0 atom stereocenters. The van der Waals surface area contributed by atoms with Crippen LogP contribution in [0.2, 0.25) is 0 Å².